The number of hydrogen-bond donors (Lipinski definition) is 0. The summed E-state index contributed by atoms with van der Waals surface area (Å²) in [5.74, 6) is 0. The highest BCUT2D eigenvalue weighted by Gasteiger charge is 2.34. The molecule has 0 saturated carbocycles. The predicted octanol–water partition coefficient (Wildman–Crippen LogP) is 5.95. The maximum atomic E-state index is 13.6. The van der Waals surface area contributed by atoms with Crippen LogP contribution in [0.4, 0.5) is 5.69 Å². The van der Waals surface area contributed by atoms with E-state index in [1.165, 1.54) is 4.31 Å². The molecule has 0 aliphatic carbocycles. The maximum absolute atomic E-state index is 13.6. The Hall–Kier alpha value is -2.76. The van der Waals surface area contributed by atoms with Crippen molar-refractivity contribution >= 4 is 33.4 Å². The molecule has 3 aromatic rings. The highest BCUT2D eigenvalue weighted by molar-refractivity contribution is 7.89. The number of sulfonamides is 1. The van der Waals surface area contributed by atoms with Crippen LogP contribution in [0.15, 0.2) is 83.9 Å². The van der Waals surface area contributed by atoms with E-state index < -0.39 is 16.1 Å². The zero-order chi connectivity index (χ0) is 22.0. The Labute approximate surface area is 189 Å². The lowest BCUT2D eigenvalue weighted by Gasteiger charge is -2.34. The van der Waals surface area contributed by atoms with Crippen molar-refractivity contribution in [1.29, 1.82) is 0 Å². The summed E-state index contributed by atoms with van der Waals surface area (Å²) in [5.41, 5.74) is 4.02. The van der Waals surface area contributed by atoms with E-state index in [4.69, 9.17) is 11.6 Å². The van der Waals surface area contributed by atoms with Gasteiger partial charge in [0.25, 0.3) is 10.0 Å². The largest absolute Gasteiger partial charge is 0.372 e. The van der Waals surface area contributed by atoms with Crippen molar-refractivity contribution in [3.8, 4) is 0 Å². The Morgan fingerprint density at radius 2 is 1.55 bits per heavy atom. The monoisotopic (exact) mass is 452 g/mol. The first-order valence-corrected chi connectivity index (χ1v) is 12.2. The van der Waals surface area contributed by atoms with Crippen LogP contribution in [0.25, 0.3) is 6.08 Å². The highest BCUT2D eigenvalue weighted by Crippen LogP contribution is 2.39. The fraction of sp³-hybridized carbons (Fsp3) is 0.200. The molecule has 1 aliphatic rings. The molecule has 1 atom stereocenters. The Morgan fingerprint density at radius 1 is 0.903 bits per heavy atom. The molecule has 1 heterocycles. The summed E-state index contributed by atoms with van der Waals surface area (Å²) >= 11 is 5.98. The number of anilines is 1. The molecule has 0 unspecified atom stereocenters. The number of hydrogen-bond acceptors (Lipinski definition) is 3. The fourth-order valence-electron chi connectivity index (χ4n) is 4.02. The van der Waals surface area contributed by atoms with Crippen LogP contribution < -0.4 is 4.90 Å². The third kappa shape index (κ3) is 4.08. The molecule has 0 bridgehead atoms. The van der Waals surface area contributed by atoms with Crippen LogP contribution in [0.3, 0.4) is 0 Å². The summed E-state index contributed by atoms with van der Waals surface area (Å²) in [6, 6.07) is 21.9. The van der Waals surface area contributed by atoms with Crippen molar-refractivity contribution in [3.63, 3.8) is 0 Å². The quantitative estimate of drug-likeness (QED) is 0.464. The Morgan fingerprint density at radius 3 is 2.19 bits per heavy atom. The fourth-order valence-corrected chi connectivity index (χ4v) is 5.60. The minimum atomic E-state index is -3.78. The van der Waals surface area contributed by atoms with E-state index in [1.807, 2.05) is 42.5 Å². The normalized spacial score (nSPS) is 15.6. The molecule has 31 heavy (non-hydrogen) atoms. The number of rotatable bonds is 6. The van der Waals surface area contributed by atoms with Crippen molar-refractivity contribution in [3.05, 3.63) is 101 Å². The first kappa shape index (κ1) is 21.5. The molecule has 0 fully saturated rings. The molecular formula is C25H25ClN2O2S. The lowest BCUT2D eigenvalue weighted by atomic mass is 9.92. The maximum Gasteiger partial charge on any atom is 0.264 e. The van der Waals surface area contributed by atoms with Gasteiger partial charge in [0, 0.05) is 30.0 Å². The van der Waals surface area contributed by atoms with Gasteiger partial charge in [0.15, 0.2) is 0 Å². The second kappa shape index (κ2) is 8.77. The Kier molecular flexibility index (Phi) is 6.08. The first-order valence-electron chi connectivity index (χ1n) is 10.4. The molecule has 4 nitrogen and oxygen atoms in total. The summed E-state index contributed by atoms with van der Waals surface area (Å²) in [5, 5.41) is 0.502. The topological polar surface area (TPSA) is 40.6 Å². The van der Waals surface area contributed by atoms with Crippen molar-refractivity contribution in [2.75, 3.05) is 18.0 Å². The third-order valence-electron chi connectivity index (χ3n) is 5.67. The van der Waals surface area contributed by atoms with Gasteiger partial charge in [0.05, 0.1) is 10.9 Å². The molecule has 6 heteroatoms. The molecule has 1 aliphatic heterocycles. The zero-order valence-corrected chi connectivity index (χ0v) is 19.1. The van der Waals surface area contributed by atoms with E-state index in [2.05, 4.69) is 30.9 Å². The molecule has 0 N–H and O–H groups in total. The Bertz CT molecular complexity index is 1180. The lowest BCUT2D eigenvalue weighted by molar-refractivity contribution is 0.447. The number of nitrogens with zero attached hydrogens (tertiary/aromatic N) is 2. The first-order chi connectivity index (χ1) is 15.0. The standard InChI is InChI=1S/C25H25ClN2O2S/c1-3-27(4-2)22-13-9-20(10-14-22)25-24-8-6-5-7-19(24)17-18-28(25)31(29,30)23-15-11-21(26)12-16-23/h5-18,25H,3-4H2,1-2H3/t25-/m0/s1. The van der Waals surface area contributed by atoms with Gasteiger partial charge in [-0.15, -0.1) is 0 Å². The molecule has 4 rings (SSSR count). The van der Waals surface area contributed by atoms with Gasteiger partial charge in [-0.25, -0.2) is 8.42 Å². The minimum Gasteiger partial charge on any atom is -0.372 e. The number of fused-ring (bicyclic) bond motifs is 1. The smallest absolute Gasteiger partial charge is 0.264 e. The van der Waals surface area contributed by atoms with Crippen molar-refractivity contribution in [2.45, 2.75) is 24.8 Å². The molecule has 160 valence electrons. The summed E-state index contributed by atoms with van der Waals surface area (Å²) < 4.78 is 28.6. The van der Waals surface area contributed by atoms with Crippen molar-refractivity contribution in [1.82, 2.24) is 4.31 Å². The van der Waals surface area contributed by atoms with E-state index >= 15 is 0 Å². The average Bonchev–Trinajstić information content (AvgIpc) is 2.80. The van der Waals surface area contributed by atoms with Crippen molar-refractivity contribution in [2.24, 2.45) is 0 Å². The van der Waals surface area contributed by atoms with E-state index in [0.29, 0.717) is 5.02 Å². The molecule has 0 radical (unpaired) electrons. The molecule has 0 spiro atoms. The summed E-state index contributed by atoms with van der Waals surface area (Å²) in [6.07, 6.45) is 3.51. The van der Waals surface area contributed by atoms with Crippen LogP contribution in [0.1, 0.15) is 36.6 Å². The van der Waals surface area contributed by atoms with Crippen LogP contribution in [-0.4, -0.2) is 25.8 Å². The van der Waals surface area contributed by atoms with Crippen LogP contribution in [0, 0.1) is 0 Å². The van der Waals surface area contributed by atoms with Gasteiger partial charge in [-0.05, 0) is 73.0 Å². The Balaban J connectivity index is 1.81. The van der Waals surface area contributed by atoms with Crippen molar-refractivity contribution < 1.29 is 8.42 Å². The predicted molar refractivity (Wildman–Crippen MR) is 128 cm³/mol. The molecule has 3 aromatic carbocycles. The molecule has 0 amide bonds. The van der Waals surface area contributed by atoms with Gasteiger partial charge in [-0.2, -0.15) is 0 Å². The van der Waals surface area contributed by atoms with Gasteiger partial charge in [-0.3, -0.25) is 4.31 Å². The van der Waals surface area contributed by atoms with Crippen LogP contribution in [0.2, 0.25) is 5.02 Å². The van der Waals surface area contributed by atoms with E-state index in [1.54, 1.807) is 30.5 Å². The van der Waals surface area contributed by atoms with Gasteiger partial charge < -0.3 is 4.90 Å². The van der Waals surface area contributed by atoms with Crippen LogP contribution in [-0.2, 0) is 10.0 Å². The van der Waals surface area contributed by atoms with Gasteiger partial charge in [0.2, 0.25) is 0 Å². The van der Waals surface area contributed by atoms with Gasteiger partial charge in [0.1, 0.15) is 0 Å². The minimum absolute atomic E-state index is 0.214. The number of halogens is 1. The van der Waals surface area contributed by atoms with Crippen LogP contribution >= 0.6 is 11.6 Å². The zero-order valence-electron chi connectivity index (χ0n) is 17.6. The average molecular weight is 453 g/mol. The number of benzene rings is 3. The second-order valence-corrected chi connectivity index (χ2v) is 9.68. The SMILES string of the molecule is CCN(CC)c1ccc([C@H]2c3ccccc3C=CN2S(=O)(=O)c2ccc(Cl)cc2)cc1. The lowest BCUT2D eigenvalue weighted by Crippen LogP contribution is -2.33. The summed E-state index contributed by atoms with van der Waals surface area (Å²) in [6.45, 7) is 6.09. The third-order valence-corrected chi connectivity index (χ3v) is 7.68. The summed E-state index contributed by atoms with van der Waals surface area (Å²) in [7, 11) is -3.78. The molecule has 0 aromatic heterocycles. The highest BCUT2D eigenvalue weighted by atomic mass is 35.5. The van der Waals surface area contributed by atoms with Gasteiger partial charge >= 0.3 is 0 Å². The van der Waals surface area contributed by atoms with E-state index in [-0.39, 0.29) is 4.90 Å². The van der Waals surface area contributed by atoms with Gasteiger partial charge in [-0.1, -0.05) is 48.0 Å². The second-order valence-electron chi connectivity index (χ2n) is 7.40. The molecular weight excluding hydrogens is 428 g/mol. The van der Waals surface area contributed by atoms with Crippen LogP contribution in [0.5, 0.6) is 0 Å². The molecule has 0 saturated heterocycles. The van der Waals surface area contributed by atoms with E-state index in [0.717, 1.165) is 35.5 Å². The summed E-state index contributed by atoms with van der Waals surface area (Å²) in [4.78, 5) is 2.48. The van der Waals surface area contributed by atoms with E-state index in [9.17, 15) is 8.42 Å².